The molecule has 0 aliphatic carbocycles. The van der Waals surface area contributed by atoms with Crippen molar-refractivity contribution in [3.05, 3.63) is 59.7 Å². The lowest BCUT2D eigenvalue weighted by molar-refractivity contribution is -0.120. The van der Waals surface area contributed by atoms with Gasteiger partial charge in [-0.2, -0.15) is 0 Å². The lowest BCUT2D eigenvalue weighted by Crippen LogP contribution is -2.30. The summed E-state index contributed by atoms with van der Waals surface area (Å²) in [6, 6.07) is 15.2. The number of hydrogen-bond acceptors (Lipinski definition) is 5. The van der Waals surface area contributed by atoms with Crippen LogP contribution in [0.25, 0.3) is 11.0 Å². The number of hydrogen-bond donors (Lipinski definition) is 1. The first kappa shape index (κ1) is 20.9. The van der Waals surface area contributed by atoms with Gasteiger partial charge in [0.25, 0.3) is 0 Å². The van der Waals surface area contributed by atoms with Crippen LogP contribution < -0.4 is 5.32 Å². The Morgan fingerprint density at radius 3 is 2.62 bits per heavy atom. The Hall–Kier alpha value is -2.80. The summed E-state index contributed by atoms with van der Waals surface area (Å²) in [5, 5.41) is 3.43. The van der Waals surface area contributed by atoms with Gasteiger partial charge in [-0.15, -0.1) is 0 Å². The second-order valence-corrected chi connectivity index (χ2v) is 7.83. The molecule has 3 rings (SSSR count). The number of carbonyl (C=O) groups is 2. The molecule has 3 aromatic rings. The highest BCUT2D eigenvalue weighted by Crippen LogP contribution is 2.28. The summed E-state index contributed by atoms with van der Waals surface area (Å²) in [5.74, 6) is -0.399. The van der Waals surface area contributed by atoms with Crippen LogP contribution in [0.5, 0.6) is 0 Å². The number of aryl methyl sites for hydroxylation is 1. The summed E-state index contributed by atoms with van der Waals surface area (Å²) in [6.07, 6.45) is 0. The molecule has 6 nitrogen and oxygen atoms in total. The minimum atomic E-state index is -0.358. The Bertz CT molecular complexity index is 1000. The van der Waals surface area contributed by atoms with E-state index in [4.69, 9.17) is 4.74 Å². The van der Waals surface area contributed by atoms with Crippen molar-refractivity contribution in [2.45, 2.75) is 44.3 Å². The summed E-state index contributed by atoms with van der Waals surface area (Å²) < 4.78 is 7.12. The zero-order chi connectivity index (χ0) is 20.8. The third kappa shape index (κ3) is 4.98. The third-order valence-electron chi connectivity index (χ3n) is 4.50. The monoisotopic (exact) mass is 411 g/mol. The minimum absolute atomic E-state index is 0.0409. The summed E-state index contributed by atoms with van der Waals surface area (Å²) in [4.78, 5) is 29.2. The number of nitrogens with one attached hydrogen (secondary N) is 1. The van der Waals surface area contributed by atoms with Crippen LogP contribution in [0, 0.1) is 0 Å². The van der Waals surface area contributed by atoms with Crippen molar-refractivity contribution in [3.63, 3.8) is 0 Å². The zero-order valence-electron chi connectivity index (χ0n) is 16.8. The molecular formula is C22H25N3O3S. The average molecular weight is 412 g/mol. The quantitative estimate of drug-likeness (QED) is 0.447. The fourth-order valence-corrected chi connectivity index (χ4v) is 4.00. The van der Waals surface area contributed by atoms with E-state index in [0.29, 0.717) is 18.7 Å². The maximum atomic E-state index is 12.5. The van der Waals surface area contributed by atoms with Gasteiger partial charge in [0.05, 0.1) is 28.5 Å². The average Bonchev–Trinajstić information content (AvgIpc) is 3.08. The molecule has 0 unspecified atom stereocenters. The van der Waals surface area contributed by atoms with Gasteiger partial charge >= 0.3 is 5.97 Å². The number of imidazole rings is 1. The summed E-state index contributed by atoms with van der Waals surface area (Å²) in [5.41, 5.74) is 3.19. The number of rotatable bonds is 8. The highest BCUT2D eigenvalue weighted by molar-refractivity contribution is 8.00. The predicted molar refractivity (Wildman–Crippen MR) is 115 cm³/mol. The van der Waals surface area contributed by atoms with Gasteiger partial charge in [-0.1, -0.05) is 42.1 Å². The highest BCUT2D eigenvalue weighted by atomic mass is 32.2. The number of aromatic nitrogens is 2. The number of carbonyl (C=O) groups excluding carboxylic acids is 2. The molecular weight excluding hydrogens is 386 g/mol. The van der Waals surface area contributed by atoms with Crippen LogP contribution in [-0.2, 0) is 22.6 Å². The van der Waals surface area contributed by atoms with Crippen LogP contribution in [0.4, 0.5) is 0 Å². The van der Waals surface area contributed by atoms with Crippen molar-refractivity contribution in [1.29, 1.82) is 0 Å². The molecule has 0 aliphatic rings. The highest BCUT2D eigenvalue weighted by Gasteiger charge is 2.20. The van der Waals surface area contributed by atoms with Gasteiger partial charge in [0.2, 0.25) is 5.91 Å². The SMILES string of the molecule is CCOC(=O)c1ccc2c(c1)nc(S[C@@H](C)C(=O)NCc1ccccc1)n2CC. The molecule has 1 aromatic heterocycles. The Morgan fingerprint density at radius 1 is 1.17 bits per heavy atom. The van der Waals surface area contributed by atoms with E-state index in [2.05, 4.69) is 14.9 Å². The minimum Gasteiger partial charge on any atom is -0.462 e. The Balaban J connectivity index is 1.74. The fourth-order valence-electron chi connectivity index (χ4n) is 2.99. The van der Waals surface area contributed by atoms with Gasteiger partial charge < -0.3 is 14.6 Å². The zero-order valence-corrected chi connectivity index (χ0v) is 17.7. The van der Waals surface area contributed by atoms with E-state index in [-0.39, 0.29) is 17.1 Å². The largest absolute Gasteiger partial charge is 0.462 e. The number of nitrogens with zero attached hydrogens (tertiary/aromatic N) is 2. The Morgan fingerprint density at radius 2 is 1.93 bits per heavy atom. The van der Waals surface area contributed by atoms with Crippen LogP contribution in [0.15, 0.2) is 53.7 Å². The number of amides is 1. The van der Waals surface area contributed by atoms with Gasteiger partial charge in [-0.05, 0) is 44.5 Å². The lowest BCUT2D eigenvalue weighted by Gasteiger charge is -2.12. The maximum Gasteiger partial charge on any atom is 0.338 e. The van der Waals surface area contributed by atoms with Crippen molar-refractivity contribution in [2.75, 3.05) is 6.61 Å². The molecule has 0 fully saturated rings. The van der Waals surface area contributed by atoms with Crippen LogP contribution in [-0.4, -0.2) is 33.3 Å². The number of benzene rings is 2. The molecule has 0 radical (unpaired) electrons. The number of thioether (sulfide) groups is 1. The van der Waals surface area contributed by atoms with E-state index in [1.54, 1.807) is 19.1 Å². The van der Waals surface area contributed by atoms with Crippen LogP contribution in [0.2, 0.25) is 0 Å². The smallest absolute Gasteiger partial charge is 0.338 e. The van der Waals surface area contributed by atoms with Gasteiger partial charge in [-0.25, -0.2) is 9.78 Å². The molecule has 1 heterocycles. The molecule has 2 aromatic carbocycles. The number of ether oxygens (including phenoxy) is 1. The molecule has 0 aliphatic heterocycles. The van der Waals surface area contributed by atoms with Crippen molar-refractivity contribution in [1.82, 2.24) is 14.9 Å². The van der Waals surface area contributed by atoms with E-state index >= 15 is 0 Å². The summed E-state index contributed by atoms with van der Waals surface area (Å²) >= 11 is 1.41. The second-order valence-electron chi connectivity index (χ2n) is 6.53. The molecule has 1 atom stereocenters. The molecule has 7 heteroatoms. The number of esters is 1. The first-order valence-corrected chi connectivity index (χ1v) is 10.6. The lowest BCUT2D eigenvalue weighted by atomic mass is 10.2. The topological polar surface area (TPSA) is 73.2 Å². The molecule has 0 bridgehead atoms. The normalized spacial score (nSPS) is 12.0. The molecule has 1 amide bonds. The molecule has 0 saturated carbocycles. The van der Waals surface area contributed by atoms with Crippen molar-refractivity contribution in [2.24, 2.45) is 0 Å². The van der Waals surface area contributed by atoms with E-state index in [1.165, 1.54) is 11.8 Å². The van der Waals surface area contributed by atoms with Gasteiger partial charge in [0, 0.05) is 13.1 Å². The van der Waals surface area contributed by atoms with Crippen LogP contribution >= 0.6 is 11.8 Å². The summed E-state index contributed by atoms with van der Waals surface area (Å²) in [6.45, 7) is 7.23. The van der Waals surface area contributed by atoms with Gasteiger partial charge in [-0.3, -0.25) is 4.79 Å². The number of fused-ring (bicyclic) bond motifs is 1. The molecule has 29 heavy (non-hydrogen) atoms. The van der Waals surface area contributed by atoms with E-state index in [0.717, 1.165) is 28.3 Å². The van der Waals surface area contributed by atoms with E-state index < -0.39 is 0 Å². The molecule has 0 saturated heterocycles. The Kier molecular flexibility index (Phi) is 6.93. The molecule has 0 spiro atoms. The first-order valence-electron chi connectivity index (χ1n) is 9.69. The molecule has 152 valence electrons. The van der Waals surface area contributed by atoms with Crippen molar-refractivity contribution < 1.29 is 14.3 Å². The maximum absolute atomic E-state index is 12.5. The van der Waals surface area contributed by atoms with Crippen molar-refractivity contribution in [3.8, 4) is 0 Å². The van der Waals surface area contributed by atoms with Crippen molar-refractivity contribution >= 4 is 34.7 Å². The van der Waals surface area contributed by atoms with Gasteiger partial charge in [0.15, 0.2) is 5.16 Å². The summed E-state index contributed by atoms with van der Waals surface area (Å²) in [7, 11) is 0. The second kappa shape index (κ2) is 9.60. The van der Waals surface area contributed by atoms with E-state index in [1.807, 2.05) is 50.2 Å². The Labute approximate surface area is 174 Å². The predicted octanol–water partition coefficient (Wildman–Crippen LogP) is 4.03. The third-order valence-corrected chi connectivity index (χ3v) is 5.59. The standard InChI is InChI=1S/C22H25N3O3S/c1-4-25-19-12-11-17(21(27)28-5-2)13-18(19)24-22(25)29-15(3)20(26)23-14-16-9-7-6-8-10-16/h6-13,15H,4-5,14H2,1-3H3,(H,23,26)/t15-/m0/s1. The van der Waals surface area contributed by atoms with E-state index in [9.17, 15) is 9.59 Å². The van der Waals surface area contributed by atoms with Gasteiger partial charge in [0.1, 0.15) is 0 Å². The fraction of sp³-hybridized carbons (Fsp3) is 0.318. The van der Waals surface area contributed by atoms with Crippen LogP contribution in [0.1, 0.15) is 36.7 Å². The van der Waals surface area contributed by atoms with Crippen LogP contribution in [0.3, 0.4) is 0 Å². The first-order chi connectivity index (χ1) is 14.0. The molecule has 1 N–H and O–H groups in total.